The number of benzene rings is 6. The second kappa shape index (κ2) is 14.8. The first-order valence-corrected chi connectivity index (χ1v) is 20.5. The highest BCUT2D eigenvalue weighted by Gasteiger charge is 2.39. The van der Waals surface area contributed by atoms with Gasteiger partial charge in [0.05, 0.1) is 0 Å². The van der Waals surface area contributed by atoms with Gasteiger partial charge >= 0.3 is 15.6 Å². The van der Waals surface area contributed by atoms with Gasteiger partial charge in [0.25, 0.3) is 0 Å². The van der Waals surface area contributed by atoms with Crippen molar-refractivity contribution in [1.82, 2.24) is 0 Å². The van der Waals surface area contributed by atoms with E-state index in [1.807, 2.05) is 140 Å². The average molecular weight is 763 g/mol. The molecule has 0 radical (unpaired) electrons. The van der Waals surface area contributed by atoms with Crippen LogP contribution in [0.1, 0.15) is 44.5 Å². The van der Waals surface area contributed by atoms with Crippen molar-refractivity contribution in [3.8, 4) is 67.1 Å². The zero-order valence-corrected chi connectivity index (χ0v) is 33.3. The van der Waals surface area contributed by atoms with Crippen LogP contribution in [-0.2, 0) is 13.4 Å². The Morgan fingerprint density at radius 2 is 0.704 bits per heavy atom. The predicted octanol–water partition coefficient (Wildman–Crippen LogP) is 11.8. The Hall–Kier alpha value is -4.78. The number of phenolic OH excluding ortho intramolecular Hbond substituents is 1. The van der Waals surface area contributed by atoms with Gasteiger partial charge in [0.15, 0.2) is 0 Å². The van der Waals surface area contributed by atoms with Crippen LogP contribution in [0.25, 0.3) is 55.6 Å². The summed E-state index contributed by atoms with van der Waals surface area (Å²) in [7, 11) is -11.1. The van der Waals surface area contributed by atoms with Crippen molar-refractivity contribution in [2.75, 3.05) is 0 Å². The number of aryl methyl sites for hydroxylation is 8. The van der Waals surface area contributed by atoms with Crippen LogP contribution < -0.4 is 4.52 Å². The van der Waals surface area contributed by atoms with E-state index in [4.69, 9.17) is 4.52 Å². The number of aromatic hydroxyl groups is 1. The Kier molecular flexibility index (Phi) is 10.7. The molecule has 6 aromatic rings. The van der Waals surface area contributed by atoms with Crippen LogP contribution in [0.3, 0.4) is 0 Å². The maximum atomic E-state index is 14.1. The average Bonchev–Trinajstić information content (AvgIpc) is 3.05. The molecule has 6 rings (SSSR count). The van der Waals surface area contributed by atoms with Crippen molar-refractivity contribution in [1.29, 1.82) is 0 Å². The fourth-order valence-corrected chi connectivity index (χ4v) is 9.44. The zero-order valence-electron chi connectivity index (χ0n) is 31.6. The Labute approximate surface area is 316 Å². The van der Waals surface area contributed by atoms with Crippen molar-refractivity contribution in [3.05, 3.63) is 142 Å². The first kappa shape index (κ1) is 38.9. The van der Waals surface area contributed by atoms with E-state index in [0.29, 0.717) is 33.4 Å². The summed E-state index contributed by atoms with van der Waals surface area (Å²) in [6, 6.07) is 30.6. The highest BCUT2D eigenvalue weighted by atomic mass is 31.3. The molecule has 0 heterocycles. The molecule has 0 aliphatic rings. The van der Waals surface area contributed by atoms with Gasteiger partial charge in [-0.25, -0.2) is 9.13 Å². The highest BCUT2D eigenvalue weighted by Crippen LogP contribution is 2.64. The molecule has 0 saturated carbocycles. The predicted molar refractivity (Wildman–Crippen MR) is 217 cm³/mol. The van der Waals surface area contributed by atoms with Gasteiger partial charge in [-0.15, -0.1) is 0 Å². The molecule has 1 atom stereocenters. The summed E-state index contributed by atoms with van der Waals surface area (Å²) < 4.78 is 37.1. The van der Waals surface area contributed by atoms with Gasteiger partial charge in [0.1, 0.15) is 11.5 Å². The summed E-state index contributed by atoms with van der Waals surface area (Å²) in [5.41, 5.74) is 13.9. The van der Waals surface area contributed by atoms with Gasteiger partial charge in [-0.05, 0) is 145 Å². The standard InChI is InChI=1S/C44H44O8P2/c1-25-13-9-14-26(2)35(25)40-39(33-21-23-34(45)24-22-33)41(36-27(3)15-10-16-28(36)4)43(38-31(7)19-12-20-32(38)8)44(51-54(49,50)52-53(46,47)48)42(40)37-29(5)17-11-18-30(37)6/h9-24,45H,1-8H3,(H,49,50)(H2,46,47,48). The van der Waals surface area contributed by atoms with Crippen molar-refractivity contribution < 1.29 is 37.8 Å². The number of hydrogen-bond donors (Lipinski definition) is 4. The van der Waals surface area contributed by atoms with Gasteiger partial charge in [-0.1, -0.05) is 84.9 Å². The summed E-state index contributed by atoms with van der Waals surface area (Å²) in [6.45, 7) is 15.8. The van der Waals surface area contributed by atoms with Gasteiger partial charge in [-0.3, -0.25) is 4.89 Å². The van der Waals surface area contributed by atoms with E-state index >= 15 is 0 Å². The van der Waals surface area contributed by atoms with Crippen LogP contribution in [0.4, 0.5) is 0 Å². The molecule has 0 saturated heterocycles. The van der Waals surface area contributed by atoms with Crippen LogP contribution in [0.2, 0.25) is 0 Å². The van der Waals surface area contributed by atoms with E-state index in [9.17, 15) is 28.9 Å². The van der Waals surface area contributed by atoms with Crippen molar-refractivity contribution in [2.24, 2.45) is 0 Å². The molecule has 0 fully saturated rings. The molecule has 4 N–H and O–H groups in total. The monoisotopic (exact) mass is 762 g/mol. The Morgan fingerprint density at radius 1 is 0.407 bits per heavy atom. The molecular formula is C44H44O8P2. The fourth-order valence-electron chi connectivity index (χ4n) is 7.81. The van der Waals surface area contributed by atoms with E-state index in [2.05, 4.69) is 4.31 Å². The summed E-state index contributed by atoms with van der Waals surface area (Å²) in [5.74, 6) is 0.0172. The largest absolute Gasteiger partial charge is 0.536 e. The van der Waals surface area contributed by atoms with E-state index in [1.165, 1.54) is 0 Å². The Bertz CT molecular complexity index is 2320. The lowest BCUT2D eigenvalue weighted by molar-refractivity contribution is 0.230. The maximum absolute atomic E-state index is 14.1. The first-order chi connectivity index (χ1) is 25.4. The van der Waals surface area contributed by atoms with Crippen LogP contribution >= 0.6 is 15.6 Å². The molecule has 0 spiro atoms. The summed E-state index contributed by atoms with van der Waals surface area (Å²) >= 11 is 0. The van der Waals surface area contributed by atoms with Crippen molar-refractivity contribution in [3.63, 3.8) is 0 Å². The molecule has 8 nitrogen and oxygen atoms in total. The van der Waals surface area contributed by atoms with E-state index in [-0.39, 0.29) is 11.5 Å². The number of hydrogen-bond acceptors (Lipinski definition) is 5. The molecule has 10 heteroatoms. The molecule has 0 amide bonds. The summed E-state index contributed by atoms with van der Waals surface area (Å²) in [4.78, 5) is 31.1. The number of phosphoric ester groups is 1. The second-order valence-electron chi connectivity index (χ2n) is 14.0. The SMILES string of the molecule is Cc1cccc(C)c1-c1c(OP(=O)(O)OP(=O)(O)O)c(-c2c(C)cccc2C)c(-c2c(C)cccc2C)c(-c2ccc(O)cc2)c1-c1c(C)cccc1C. The highest BCUT2D eigenvalue weighted by molar-refractivity contribution is 7.60. The minimum absolute atomic E-state index is 0.0677. The van der Waals surface area contributed by atoms with Crippen molar-refractivity contribution >= 4 is 15.6 Å². The topological polar surface area (TPSA) is 134 Å². The summed E-state index contributed by atoms with van der Waals surface area (Å²) in [5, 5.41) is 10.6. The molecule has 0 aliphatic heterocycles. The Morgan fingerprint density at radius 3 is 1.00 bits per heavy atom. The maximum Gasteiger partial charge on any atom is 0.536 e. The number of phosphoric acid groups is 2. The quantitative estimate of drug-likeness (QED) is 0.107. The lowest BCUT2D eigenvalue weighted by Gasteiger charge is -2.32. The third kappa shape index (κ3) is 7.47. The van der Waals surface area contributed by atoms with Crippen LogP contribution in [-0.4, -0.2) is 19.8 Å². The van der Waals surface area contributed by atoms with Crippen molar-refractivity contribution in [2.45, 2.75) is 55.4 Å². The van der Waals surface area contributed by atoms with Gasteiger partial charge in [0, 0.05) is 22.3 Å². The Balaban J connectivity index is 2.09. The molecule has 0 aliphatic carbocycles. The first-order valence-electron chi connectivity index (χ1n) is 17.5. The second-order valence-corrected chi connectivity index (χ2v) is 16.7. The van der Waals surface area contributed by atoms with Gasteiger partial charge in [0.2, 0.25) is 0 Å². The molecule has 0 aromatic heterocycles. The van der Waals surface area contributed by atoms with Crippen LogP contribution in [0.5, 0.6) is 11.5 Å². The molecule has 278 valence electrons. The number of phenols is 1. The normalized spacial score (nSPS) is 12.8. The van der Waals surface area contributed by atoms with E-state index in [1.54, 1.807) is 12.1 Å². The molecule has 54 heavy (non-hydrogen) atoms. The minimum Gasteiger partial charge on any atom is -0.508 e. The van der Waals surface area contributed by atoms with Crippen LogP contribution in [0, 0.1) is 55.4 Å². The third-order valence-electron chi connectivity index (χ3n) is 9.95. The van der Waals surface area contributed by atoms with E-state index in [0.717, 1.165) is 66.8 Å². The van der Waals surface area contributed by atoms with Crippen LogP contribution in [0.15, 0.2) is 97.1 Å². The third-order valence-corrected chi connectivity index (χ3v) is 12.0. The zero-order chi connectivity index (χ0) is 39.3. The minimum atomic E-state index is -5.55. The van der Waals surface area contributed by atoms with Gasteiger partial charge in [-0.2, -0.15) is 4.31 Å². The van der Waals surface area contributed by atoms with E-state index < -0.39 is 15.6 Å². The summed E-state index contributed by atoms with van der Waals surface area (Å²) in [6.07, 6.45) is 0. The molecular weight excluding hydrogens is 718 g/mol. The number of rotatable bonds is 9. The fraction of sp³-hybridized carbons (Fsp3) is 0.182. The molecule has 0 bridgehead atoms. The molecule has 6 aromatic carbocycles. The lowest BCUT2D eigenvalue weighted by Crippen LogP contribution is -2.08. The molecule has 1 unspecified atom stereocenters. The lowest BCUT2D eigenvalue weighted by atomic mass is 9.73. The smallest absolute Gasteiger partial charge is 0.508 e. The van der Waals surface area contributed by atoms with Gasteiger partial charge < -0.3 is 19.4 Å².